The van der Waals surface area contributed by atoms with E-state index in [-0.39, 0.29) is 10.0 Å². The molecule has 0 aliphatic carbocycles. The number of halogens is 4. The number of carbonyl (C=O) groups is 3. The predicted molar refractivity (Wildman–Crippen MR) is 126 cm³/mol. The second-order valence-electron chi connectivity index (χ2n) is 8.42. The summed E-state index contributed by atoms with van der Waals surface area (Å²) in [6, 6.07) is 7.15. The third kappa shape index (κ3) is 3.33. The number of carboxylic acid groups (broad SMARTS) is 1. The van der Waals surface area contributed by atoms with Gasteiger partial charge in [-0.15, -0.1) is 0 Å². The Bertz CT molecular complexity index is 1200. The molecule has 0 saturated carbocycles. The summed E-state index contributed by atoms with van der Waals surface area (Å²) in [5.74, 6) is -4.69. The van der Waals surface area contributed by atoms with Crippen LogP contribution in [0.15, 0.2) is 30.3 Å². The molecule has 2 fully saturated rings. The Morgan fingerprint density at radius 1 is 1.06 bits per heavy atom. The van der Waals surface area contributed by atoms with Gasteiger partial charge in [-0.05, 0) is 49.7 Å². The number of rotatable bonds is 3. The van der Waals surface area contributed by atoms with Crippen molar-refractivity contribution in [2.45, 2.75) is 24.4 Å². The summed E-state index contributed by atoms with van der Waals surface area (Å²) in [6.45, 7) is 0.457. The van der Waals surface area contributed by atoms with Crippen molar-refractivity contribution in [3.8, 4) is 0 Å². The highest BCUT2D eigenvalue weighted by molar-refractivity contribution is 6.38. The van der Waals surface area contributed by atoms with Crippen molar-refractivity contribution in [1.29, 1.82) is 0 Å². The summed E-state index contributed by atoms with van der Waals surface area (Å²) in [4.78, 5) is 41.6. The lowest BCUT2D eigenvalue weighted by atomic mass is 9.73. The Labute approximate surface area is 208 Å². The molecule has 2 amide bonds. The molecule has 4 atom stereocenters. The number of nitrogens with zero attached hydrogens (tertiary/aromatic N) is 1. The number of aliphatic carboxylic acids is 1. The third-order valence-electron chi connectivity index (χ3n) is 6.73. The highest BCUT2D eigenvalue weighted by Gasteiger charge is 2.71. The first-order valence-corrected chi connectivity index (χ1v) is 11.7. The van der Waals surface area contributed by atoms with Crippen molar-refractivity contribution in [2.24, 2.45) is 11.8 Å². The van der Waals surface area contributed by atoms with Crippen molar-refractivity contribution in [3.63, 3.8) is 0 Å². The summed E-state index contributed by atoms with van der Waals surface area (Å²) in [7, 11) is 0. The Hall–Kier alpha value is -2.03. The number of fused-ring (bicyclic) bond motifs is 4. The molecule has 33 heavy (non-hydrogen) atoms. The van der Waals surface area contributed by atoms with Gasteiger partial charge in [0, 0.05) is 32.4 Å². The quantitative estimate of drug-likeness (QED) is 0.527. The molecular weight excluding hydrogens is 512 g/mol. The minimum atomic E-state index is -1.61. The molecule has 2 aromatic rings. The fraction of sp³-hybridized carbons (Fsp3) is 0.318. The zero-order valence-corrected chi connectivity index (χ0v) is 19.9. The number of hydrogen-bond donors (Lipinski definition) is 3. The van der Waals surface area contributed by atoms with Crippen LogP contribution in [-0.4, -0.2) is 40.4 Å². The summed E-state index contributed by atoms with van der Waals surface area (Å²) in [5.41, 5.74) is -0.559. The molecule has 1 unspecified atom stereocenters. The first-order chi connectivity index (χ1) is 15.6. The van der Waals surface area contributed by atoms with Crippen LogP contribution in [-0.2, 0) is 19.9 Å². The molecule has 2 saturated heterocycles. The minimum absolute atomic E-state index is 0.212. The topological polar surface area (TPSA) is 98.7 Å². The van der Waals surface area contributed by atoms with E-state index in [1.54, 1.807) is 6.07 Å². The largest absolute Gasteiger partial charge is 0.481 e. The molecule has 0 bridgehead atoms. The summed E-state index contributed by atoms with van der Waals surface area (Å²) in [6.07, 6.45) is 1.28. The molecule has 0 aromatic heterocycles. The molecule has 172 valence electrons. The Balaban J connectivity index is 1.64. The van der Waals surface area contributed by atoms with Crippen molar-refractivity contribution in [3.05, 3.63) is 56.0 Å². The van der Waals surface area contributed by atoms with E-state index in [9.17, 15) is 19.5 Å². The Morgan fingerprint density at radius 3 is 2.39 bits per heavy atom. The molecule has 11 heteroatoms. The molecule has 3 heterocycles. The van der Waals surface area contributed by atoms with Crippen LogP contribution in [0.4, 0.5) is 11.4 Å². The summed E-state index contributed by atoms with van der Waals surface area (Å²) in [5, 5.41) is 17.0. The number of amides is 2. The van der Waals surface area contributed by atoms with Crippen molar-refractivity contribution in [2.75, 3.05) is 17.2 Å². The highest BCUT2D eigenvalue weighted by atomic mass is 35.5. The van der Waals surface area contributed by atoms with Gasteiger partial charge in [0.25, 0.3) is 5.91 Å². The van der Waals surface area contributed by atoms with Gasteiger partial charge in [0.05, 0.1) is 16.6 Å². The van der Waals surface area contributed by atoms with Crippen molar-refractivity contribution in [1.82, 2.24) is 4.90 Å². The van der Waals surface area contributed by atoms with Crippen LogP contribution in [0.25, 0.3) is 0 Å². The lowest BCUT2D eigenvalue weighted by Gasteiger charge is -2.35. The van der Waals surface area contributed by atoms with Crippen LogP contribution in [0.2, 0.25) is 20.1 Å². The van der Waals surface area contributed by atoms with Crippen LogP contribution < -0.4 is 10.6 Å². The lowest BCUT2D eigenvalue weighted by Crippen LogP contribution is -2.53. The van der Waals surface area contributed by atoms with E-state index in [0.717, 1.165) is 0 Å². The van der Waals surface area contributed by atoms with Gasteiger partial charge in [-0.1, -0.05) is 46.4 Å². The smallest absolute Gasteiger partial charge is 0.310 e. The molecule has 2 aromatic carbocycles. The SMILES string of the molecule is O=C(Nc1cc(Cl)cc(Cl)c1)[C@H]1[C@H]2CCCN2C2(C(=O)Nc3c(Cl)cc(Cl)cc32)[C@H]1C(=O)O. The number of hydrogen-bond acceptors (Lipinski definition) is 4. The first kappa shape index (κ1) is 22.7. The number of carbonyl (C=O) groups excluding carboxylic acids is 2. The zero-order chi connectivity index (χ0) is 23.7. The van der Waals surface area contributed by atoms with Gasteiger partial charge in [-0.3, -0.25) is 19.3 Å². The Kier molecular flexibility index (Phi) is 5.53. The summed E-state index contributed by atoms with van der Waals surface area (Å²) >= 11 is 24.7. The predicted octanol–water partition coefficient (Wildman–Crippen LogP) is 4.88. The van der Waals surface area contributed by atoms with E-state index < -0.39 is 41.2 Å². The van der Waals surface area contributed by atoms with Crippen molar-refractivity contribution >= 4 is 75.6 Å². The molecule has 3 N–H and O–H groups in total. The van der Waals surface area contributed by atoms with Gasteiger partial charge in [0.1, 0.15) is 11.5 Å². The monoisotopic (exact) mass is 527 g/mol. The lowest BCUT2D eigenvalue weighted by molar-refractivity contribution is -0.152. The molecular formula is C22H17Cl4N3O4. The van der Waals surface area contributed by atoms with Gasteiger partial charge >= 0.3 is 5.97 Å². The fourth-order valence-electron chi connectivity index (χ4n) is 5.70. The van der Waals surface area contributed by atoms with E-state index in [4.69, 9.17) is 46.4 Å². The van der Waals surface area contributed by atoms with Crippen LogP contribution in [0.3, 0.4) is 0 Å². The van der Waals surface area contributed by atoms with E-state index in [1.165, 1.54) is 24.3 Å². The number of nitrogens with one attached hydrogen (secondary N) is 2. The molecule has 0 radical (unpaired) electrons. The third-order valence-corrected chi connectivity index (χ3v) is 7.68. The minimum Gasteiger partial charge on any atom is -0.481 e. The average molecular weight is 529 g/mol. The first-order valence-electron chi connectivity index (χ1n) is 10.2. The van der Waals surface area contributed by atoms with Crippen LogP contribution in [0, 0.1) is 11.8 Å². The Morgan fingerprint density at radius 2 is 1.73 bits per heavy atom. The average Bonchev–Trinajstić information content (AvgIpc) is 3.35. The van der Waals surface area contributed by atoms with Gasteiger partial charge in [0.2, 0.25) is 5.91 Å². The van der Waals surface area contributed by atoms with Gasteiger partial charge in [0.15, 0.2) is 0 Å². The maximum atomic E-state index is 13.5. The highest BCUT2D eigenvalue weighted by Crippen LogP contribution is 2.59. The van der Waals surface area contributed by atoms with Crippen molar-refractivity contribution < 1.29 is 19.5 Å². The molecule has 7 nitrogen and oxygen atoms in total. The normalized spacial score (nSPS) is 28.0. The van der Waals surface area contributed by atoms with Crippen LogP contribution in [0.5, 0.6) is 0 Å². The maximum absolute atomic E-state index is 13.5. The fourth-order valence-corrected chi connectivity index (χ4v) is 6.77. The van der Waals surface area contributed by atoms with Gasteiger partial charge < -0.3 is 15.7 Å². The van der Waals surface area contributed by atoms with E-state index >= 15 is 0 Å². The molecule has 5 rings (SSSR count). The van der Waals surface area contributed by atoms with E-state index in [0.29, 0.717) is 46.4 Å². The maximum Gasteiger partial charge on any atom is 0.310 e. The van der Waals surface area contributed by atoms with E-state index in [2.05, 4.69) is 10.6 Å². The van der Waals surface area contributed by atoms with Gasteiger partial charge in [-0.2, -0.15) is 0 Å². The van der Waals surface area contributed by atoms with Crippen LogP contribution in [0.1, 0.15) is 18.4 Å². The number of anilines is 2. The van der Waals surface area contributed by atoms with Crippen LogP contribution >= 0.6 is 46.4 Å². The molecule has 3 aliphatic heterocycles. The second kappa shape index (κ2) is 8.03. The summed E-state index contributed by atoms with van der Waals surface area (Å²) < 4.78 is 0. The molecule has 3 aliphatic rings. The standard InChI is InChI=1S/C22H17Cl4N3O4/c23-9-4-10(24)6-12(5-9)27-19(30)16-15-2-1-3-29(15)22(17(16)20(31)32)13-7-11(25)8-14(26)18(13)28-21(22)33/h4-8,15-17H,1-3H2,(H,27,30)(H,28,33)(H,31,32)/t15-,16+,17-,22?/m1/s1. The number of carboxylic acids is 1. The van der Waals surface area contributed by atoms with Gasteiger partial charge in [-0.25, -0.2) is 0 Å². The molecule has 1 spiro atoms. The zero-order valence-electron chi connectivity index (χ0n) is 16.9. The second-order valence-corrected chi connectivity index (χ2v) is 10.1. The number of benzene rings is 2. The van der Waals surface area contributed by atoms with E-state index in [1.807, 2.05) is 4.90 Å².